The third kappa shape index (κ3) is 6.18. The molecule has 2 N–H and O–H groups in total. The van der Waals surface area contributed by atoms with Crippen molar-refractivity contribution in [3.8, 4) is 11.5 Å². The molecule has 2 aromatic carbocycles. The first-order valence-electron chi connectivity index (χ1n) is 8.94. The van der Waals surface area contributed by atoms with E-state index in [-0.39, 0.29) is 0 Å². The predicted octanol–water partition coefficient (Wildman–Crippen LogP) is 3.63. The maximum Gasteiger partial charge on any atom is 0.131 e. The van der Waals surface area contributed by atoms with Crippen LogP contribution in [-0.2, 0) is 6.42 Å². The van der Waals surface area contributed by atoms with E-state index in [1.54, 1.807) is 13.4 Å². The van der Waals surface area contributed by atoms with Crippen molar-refractivity contribution < 1.29 is 9.47 Å². The standard InChI is InChI=1S/C21H24N4O2/c1-26-18-7-9-19(10-8-18)27-14-13-23-21-15-20(24-16-25-21)22-12-11-17-5-3-2-4-6-17/h2-10,15-16H,11-14H2,1H3,(H2,22,23,24,25). The molecular weight excluding hydrogens is 340 g/mol. The molecule has 0 amide bonds. The highest BCUT2D eigenvalue weighted by Crippen LogP contribution is 2.17. The fourth-order valence-electron chi connectivity index (χ4n) is 2.55. The summed E-state index contributed by atoms with van der Waals surface area (Å²) in [6.45, 7) is 2.00. The van der Waals surface area contributed by atoms with Gasteiger partial charge in [0, 0.05) is 12.6 Å². The van der Waals surface area contributed by atoms with Crippen LogP contribution in [0.4, 0.5) is 11.6 Å². The smallest absolute Gasteiger partial charge is 0.131 e. The highest BCUT2D eigenvalue weighted by molar-refractivity contribution is 5.46. The molecule has 6 heteroatoms. The molecule has 0 atom stereocenters. The molecule has 6 nitrogen and oxygen atoms in total. The Bertz CT molecular complexity index is 810. The van der Waals surface area contributed by atoms with Crippen molar-refractivity contribution in [1.29, 1.82) is 0 Å². The third-order valence-electron chi connectivity index (χ3n) is 3.97. The summed E-state index contributed by atoms with van der Waals surface area (Å²) in [5.74, 6) is 3.20. The average Bonchev–Trinajstić information content (AvgIpc) is 2.73. The Balaban J connectivity index is 1.39. The number of anilines is 2. The van der Waals surface area contributed by atoms with E-state index >= 15 is 0 Å². The van der Waals surface area contributed by atoms with Crippen LogP contribution in [0.15, 0.2) is 67.0 Å². The summed E-state index contributed by atoms with van der Waals surface area (Å²) in [6.07, 6.45) is 2.50. The van der Waals surface area contributed by atoms with Crippen molar-refractivity contribution in [2.75, 3.05) is 37.4 Å². The van der Waals surface area contributed by atoms with Gasteiger partial charge in [0.1, 0.15) is 36.1 Å². The number of ether oxygens (including phenoxy) is 2. The van der Waals surface area contributed by atoms with Gasteiger partial charge in [-0.05, 0) is 36.2 Å². The van der Waals surface area contributed by atoms with E-state index in [1.165, 1.54) is 5.56 Å². The lowest BCUT2D eigenvalue weighted by atomic mass is 10.1. The number of methoxy groups -OCH3 is 1. The Hall–Kier alpha value is -3.28. The Morgan fingerprint density at radius 1 is 0.815 bits per heavy atom. The number of nitrogens with one attached hydrogen (secondary N) is 2. The Morgan fingerprint density at radius 3 is 2.19 bits per heavy atom. The Morgan fingerprint density at radius 2 is 1.48 bits per heavy atom. The summed E-state index contributed by atoms with van der Waals surface area (Å²) in [4.78, 5) is 8.50. The molecule has 0 saturated heterocycles. The molecule has 0 radical (unpaired) electrons. The minimum absolute atomic E-state index is 0.535. The van der Waals surface area contributed by atoms with Gasteiger partial charge in [0.05, 0.1) is 13.7 Å². The average molecular weight is 364 g/mol. The van der Waals surface area contributed by atoms with Crippen LogP contribution in [0.1, 0.15) is 5.56 Å². The van der Waals surface area contributed by atoms with Crippen LogP contribution in [-0.4, -0.2) is 36.8 Å². The van der Waals surface area contributed by atoms with Gasteiger partial charge in [-0.2, -0.15) is 0 Å². The first-order valence-corrected chi connectivity index (χ1v) is 8.94. The summed E-state index contributed by atoms with van der Waals surface area (Å²) in [7, 11) is 1.65. The van der Waals surface area contributed by atoms with Crippen molar-refractivity contribution in [3.05, 3.63) is 72.6 Å². The highest BCUT2D eigenvalue weighted by Gasteiger charge is 2.00. The lowest BCUT2D eigenvalue weighted by Gasteiger charge is -2.10. The first-order chi connectivity index (χ1) is 13.3. The molecule has 0 saturated carbocycles. The van der Waals surface area contributed by atoms with E-state index in [9.17, 15) is 0 Å². The van der Waals surface area contributed by atoms with E-state index in [0.717, 1.165) is 36.1 Å². The molecule has 0 fully saturated rings. The molecule has 140 valence electrons. The van der Waals surface area contributed by atoms with Crippen molar-refractivity contribution in [2.45, 2.75) is 6.42 Å². The van der Waals surface area contributed by atoms with E-state index in [1.807, 2.05) is 36.4 Å². The quantitative estimate of drug-likeness (QED) is 0.536. The van der Waals surface area contributed by atoms with Gasteiger partial charge in [-0.15, -0.1) is 0 Å². The second kappa shape index (κ2) is 10.0. The van der Waals surface area contributed by atoms with E-state index in [2.05, 4.69) is 44.9 Å². The lowest BCUT2D eigenvalue weighted by molar-refractivity contribution is 0.331. The maximum atomic E-state index is 5.69. The molecule has 0 unspecified atom stereocenters. The third-order valence-corrected chi connectivity index (χ3v) is 3.97. The largest absolute Gasteiger partial charge is 0.497 e. The van der Waals surface area contributed by atoms with Gasteiger partial charge in [0.25, 0.3) is 0 Å². The van der Waals surface area contributed by atoms with Crippen LogP contribution in [0.5, 0.6) is 11.5 Å². The van der Waals surface area contributed by atoms with E-state index in [0.29, 0.717) is 13.2 Å². The SMILES string of the molecule is COc1ccc(OCCNc2cc(NCCc3ccccc3)ncn2)cc1. The minimum atomic E-state index is 0.535. The van der Waals surface area contributed by atoms with Crippen molar-refractivity contribution in [3.63, 3.8) is 0 Å². The van der Waals surface area contributed by atoms with Gasteiger partial charge in [-0.3, -0.25) is 0 Å². The molecule has 3 rings (SSSR count). The molecule has 27 heavy (non-hydrogen) atoms. The molecule has 0 aliphatic rings. The van der Waals surface area contributed by atoms with Crippen molar-refractivity contribution in [2.24, 2.45) is 0 Å². The van der Waals surface area contributed by atoms with Gasteiger partial charge < -0.3 is 20.1 Å². The fraction of sp³-hybridized carbons (Fsp3) is 0.238. The van der Waals surface area contributed by atoms with Crippen LogP contribution < -0.4 is 20.1 Å². The molecule has 0 aliphatic heterocycles. The van der Waals surface area contributed by atoms with E-state index in [4.69, 9.17) is 9.47 Å². The van der Waals surface area contributed by atoms with Gasteiger partial charge in [-0.25, -0.2) is 9.97 Å². The zero-order valence-corrected chi connectivity index (χ0v) is 15.4. The lowest BCUT2D eigenvalue weighted by Crippen LogP contribution is -2.13. The predicted molar refractivity (Wildman–Crippen MR) is 108 cm³/mol. The van der Waals surface area contributed by atoms with Crippen LogP contribution in [0, 0.1) is 0 Å². The van der Waals surface area contributed by atoms with Gasteiger partial charge >= 0.3 is 0 Å². The van der Waals surface area contributed by atoms with Crippen molar-refractivity contribution in [1.82, 2.24) is 9.97 Å². The number of aromatic nitrogens is 2. The first kappa shape index (κ1) is 18.5. The molecular formula is C21H24N4O2. The Kier molecular flexibility index (Phi) is 6.86. The summed E-state index contributed by atoms with van der Waals surface area (Å²) >= 11 is 0. The summed E-state index contributed by atoms with van der Waals surface area (Å²) < 4.78 is 10.8. The zero-order valence-electron chi connectivity index (χ0n) is 15.4. The number of nitrogens with zero attached hydrogens (tertiary/aromatic N) is 2. The number of benzene rings is 2. The second-order valence-corrected chi connectivity index (χ2v) is 5.90. The van der Waals surface area contributed by atoms with Gasteiger partial charge in [0.15, 0.2) is 0 Å². The Labute approximate surface area is 159 Å². The molecule has 1 heterocycles. The normalized spacial score (nSPS) is 10.3. The summed E-state index contributed by atoms with van der Waals surface area (Å²) in [5, 5.41) is 6.57. The topological polar surface area (TPSA) is 68.3 Å². The molecule has 1 aromatic heterocycles. The van der Waals surface area contributed by atoms with Crippen LogP contribution >= 0.6 is 0 Å². The van der Waals surface area contributed by atoms with E-state index < -0.39 is 0 Å². The van der Waals surface area contributed by atoms with Gasteiger partial charge in [0.2, 0.25) is 0 Å². The van der Waals surface area contributed by atoms with Crippen LogP contribution in [0.2, 0.25) is 0 Å². The monoisotopic (exact) mass is 364 g/mol. The minimum Gasteiger partial charge on any atom is -0.497 e. The highest BCUT2D eigenvalue weighted by atomic mass is 16.5. The maximum absolute atomic E-state index is 5.69. The summed E-state index contributed by atoms with van der Waals surface area (Å²) in [5.41, 5.74) is 1.30. The fourth-order valence-corrected chi connectivity index (χ4v) is 2.55. The van der Waals surface area contributed by atoms with Crippen LogP contribution in [0.3, 0.4) is 0 Å². The van der Waals surface area contributed by atoms with Crippen molar-refractivity contribution >= 4 is 11.6 Å². The molecule has 0 aliphatic carbocycles. The molecule has 3 aromatic rings. The van der Waals surface area contributed by atoms with Gasteiger partial charge in [-0.1, -0.05) is 30.3 Å². The second-order valence-electron chi connectivity index (χ2n) is 5.90. The zero-order chi connectivity index (χ0) is 18.7. The van der Waals surface area contributed by atoms with Crippen LogP contribution in [0.25, 0.3) is 0 Å². The number of hydrogen-bond donors (Lipinski definition) is 2. The summed E-state index contributed by atoms with van der Waals surface area (Å²) in [6, 6.07) is 19.8. The number of rotatable bonds is 10. The molecule has 0 spiro atoms. The molecule has 0 bridgehead atoms. The number of hydrogen-bond acceptors (Lipinski definition) is 6.